The first-order valence-electron chi connectivity index (χ1n) is 8.32. The number of rotatable bonds is 3. The second-order valence-corrected chi connectivity index (χ2v) is 6.28. The Morgan fingerprint density at radius 3 is 2.65 bits per heavy atom. The highest BCUT2D eigenvalue weighted by molar-refractivity contribution is 6.08. The lowest BCUT2D eigenvalue weighted by atomic mass is 10.1. The van der Waals surface area contributed by atoms with Gasteiger partial charge >= 0.3 is 0 Å². The zero-order chi connectivity index (χ0) is 18.3. The van der Waals surface area contributed by atoms with Gasteiger partial charge in [-0.25, -0.2) is 0 Å². The molecule has 4 rings (SSSR count). The predicted octanol–water partition coefficient (Wildman–Crippen LogP) is 2.36. The smallest absolute Gasteiger partial charge is 0.268 e. The van der Waals surface area contributed by atoms with E-state index < -0.39 is 0 Å². The molecule has 1 amide bonds. The molecule has 1 aromatic carbocycles. The summed E-state index contributed by atoms with van der Waals surface area (Å²) in [6, 6.07) is 13.1. The number of carbonyl (C=O) groups is 1. The quantitative estimate of drug-likeness (QED) is 0.619. The zero-order valence-electron chi connectivity index (χ0n) is 14.6. The number of nitrogens with one attached hydrogen (secondary N) is 1. The molecule has 0 atom stereocenters. The fraction of sp³-hybridized carbons (Fsp3) is 0.150. The molecule has 3 heterocycles. The van der Waals surface area contributed by atoms with Crippen LogP contribution in [-0.2, 0) is 20.6 Å². The standard InChI is InChI=1S/C20H18N4O2/c1-23-17(19(25)22-12-13-6-5-9-21-11-13)10-15-18(23)14-7-3-4-8-16(14)24(2)20(15)26/h3-11H,12H2,1-2H3,(H,22,25). The molecular weight excluding hydrogens is 328 g/mol. The van der Waals surface area contributed by atoms with E-state index >= 15 is 0 Å². The van der Waals surface area contributed by atoms with Crippen molar-refractivity contribution in [2.75, 3.05) is 0 Å². The maximum absolute atomic E-state index is 12.7. The van der Waals surface area contributed by atoms with Gasteiger partial charge in [-0.1, -0.05) is 24.3 Å². The molecule has 0 bridgehead atoms. The van der Waals surface area contributed by atoms with Gasteiger partial charge in [0.15, 0.2) is 0 Å². The molecule has 130 valence electrons. The summed E-state index contributed by atoms with van der Waals surface area (Å²) >= 11 is 0. The van der Waals surface area contributed by atoms with Crippen LogP contribution in [0.5, 0.6) is 0 Å². The number of amides is 1. The molecule has 0 saturated heterocycles. The number of benzene rings is 1. The van der Waals surface area contributed by atoms with Crippen molar-refractivity contribution in [2.45, 2.75) is 6.54 Å². The second-order valence-electron chi connectivity index (χ2n) is 6.28. The highest BCUT2D eigenvalue weighted by Crippen LogP contribution is 2.24. The van der Waals surface area contributed by atoms with Gasteiger partial charge in [0.1, 0.15) is 5.69 Å². The number of pyridine rings is 2. The number of aryl methyl sites for hydroxylation is 2. The van der Waals surface area contributed by atoms with Crippen LogP contribution in [-0.4, -0.2) is 20.0 Å². The molecular formula is C20H18N4O2. The summed E-state index contributed by atoms with van der Waals surface area (Å²) in [6.45, 7) is 0.382. The Bertz CT molecular complexity index is 1190. The van der Waals surface area contributed by atoms with Crippen LogP contribution in [0.15, 0.2) is 59.7 Å². The molecule has 0 saturated carbocycles. The van der Waals surface area contributed by atoms with Crippen LogP contribution in [0.4, 0.5) is 0 Å². The lowest BCUT2D eigenvalue weighted by Crippen LogP contribution is -2.24. The van der Waals surface area contributed by atoms with E-state index in [1.54, 1.807) is 34.6 Å². The Morgan fingerprint density at radius 2 is 1.88 bits per heavy atom. The molecule has 4 aromatic rings. The van der Waals surface area contributed by atoms with Crippen molar-refractivity contribution in [3.05, 3.63) is 76.5 Å². The Labute approximate surface area is 149 Å². The van der Waals surface area contributed by atoms with Crippen LogP contribution < -0.4 is 10.9 Å². The topological polar surface area (TPSA) is 68.9 Å². The third-order valence-electron chi connectivity index (χ3n) is 4.70. The van der Waals surface area contributed by atoms with E-state index in [9.17, 15) is 9.59 Å². The van der Waals surface area contributed by atoms with E-state index in [1.807, 2.05) is 43.4 Å². The predicted molar refractivity (Wildman–Crippen MR) is 101 cm³/mol. The third-order valence-corrected chi connectivity index (χ3v) is 4.70. The van der Waals surface area contributed by atoms with E-state index in [4.69, 9.17) is 0 Å². The number of aromatic nitrogens is 3. The Hall–Kier alpha value is -3.41. The minimum atomic E-state index is -0.223. The summed E-state index contributed by atoms with van der Waals surface area (Å²) in [7, 11) is 3.56. The first kappa shape index (κ1) is 16.1. The van der Waals surface area contributed by atoms with Gasteiger partial charge in [-0.15, -0.1) is 0 Å². The number of hydrogen-bond acceptors (Lipinski definition) is 3. The van der Waals surface area contributed by atoms with Gasteiger partial charge in [-0.2, -0.15) is 0 Å². The SMILES string of the molecule is Cn1c(C(=O)NCc2cccnc2)cc2c(=O)n(C)c3ccccc3c21. The summed E-state index contributed by atoms with van der Waals surface area (Å²) in [5, 5.41) is 4.38. The van der Waals surface area contributed by atoms with Gasteiger partial charge in [0.2, 0.25) is 0 Å². The molecule has 0 spiro atoms. The van der Waals surface area contributed by atoms with Crippen LogP contribution in [0, 0.1) is 0 Å². The van der Waals surface area contributed by atoms with E-state index in [0.717, 1.165) is 22.0 Å². The van der Waals surface area contributed by atoms with Crippen molar-refractivity contribution >= 4 is 27.7 Å². The van der Waals surface area contributed by atoms with Crippen LogP contribution in [0.3, 0.4) is 0 Å². The fourth-order valence-corrected chi connectivity index (χ4v) is 3.34. The van der Waals surface area contributed by atoms with Gasteiger partial charge in [-0.05, 0) is 23.8 Å². The van der Waals surface area contributed by atoms with E-state index in [1.165, 1.54) is 0 Å². The number of para-hydroxylation sites is 1. The molecule has 0 aliphatic heterocycles. The summed E-state index contributed by atoms with van der Waals surface area (Å²) in [5.74, 6) is -0.223. The average Bonchev–Trinajstić information content (AvgIpc) is 3.03. The van der Waals surface area contributed by atoms with Crippen LogP contribution >= 0.6 is 0 Å². The highest BCUT2D eigenvalue weighted by atomic mass is 16.2. The van der Waals surface area contributed by atoms with Crippen molar-refractivity contribution in [2.24, 2.45) is 14.1 Å². The normalized spacial score (nSPS) is 11.2. The van der Waals surface area contributed by atoms with E-state index in [2.05, 4.69) is 10.3 Å². The van der Waals surface area contributed by atoms with E-state index in [-0.39, 0.29) is 11.5 Å². The maximum atomic E-state index is 12.7. The molecule has 6 heteroatoms. The summed E-state index contributed by atoms with van der Waals surface area (Å²) in [4.78, 5) is 29.4. The Balaban J connectivity index is 1.80. The molecule has 0 unspecified atom stereocenters. The zero-order valence-corrected chi connectivity index (χ0v) is 14.6. The monoisotopic (exact) mass is 346 g/mol. The molecule has 26 heavy (non-hydrogen) atoms. The number of nitrogens with zero attached hydrogens (tertiary/aromatic N) is 3. The first-order valence-corrected chi connectivity index (χ1v) is 8.32. The summed E-state index contributed by atoms with van der Waals surface area (Å²) in [6.07, 6.45) is 3.40. The lowest BCUT2D eigenvalue weighted by molar-refractivity contribution is 0.0943. The van der Waals surface area contributed by atoms with Gasteiger partial charge < -0.3 is 14.5 Å². The number of fused-ring (bicyclic) bond motifs is 3. The Morgan fingerprint density at radius 1 is 1.08 bits per heavy atom. The van der Waals surface area contributed by atoms with Gasteiger partial charge in [0.25, 0.3) is 11.5 Å². The van der Waals surface area contributed by atoms with Crippen LogP contribution in [0.2, 0.25) is 0 Å². The van der Waals surface area contributed by atoms with Crippen molar-refractivity contribution in [3.63, 3.8) is 0 Å². The van der Waals surface area contributed by atoms with Crippen molar-refractivity contribution < 1.29 is 4.79 Å². The summed E-state index contributed by atoms with van der Waals surface area (Å²) < 4.78 is 3.41. The van der Waals surface area contributed by atoms with Crippen molar-refractivity contribution in [3.8, 4) is 0 Å². The highest BCUT2D eigenvalue weighted by Gasteiger charge is 2.18. The molecule has 0 radical (unpaired) electrons. The van der Waals surface area contributed by atoms with Gasteiger partial charge in [0.05, 0.1) is 16.4 Å². The largest absolute Gasteiger partial charge is 0.347 e. The third kappa shape index (κ3) is 2.47. The van der Waals surface area contributed by atoms with Crippen molar-refractivity contribution in [1.29, 1.82) is 0 Å². The van der Waals surface area contributed by atoms with Crippen molar-refractivity contribution in [1.82, 2.24) is 19.4 Å². The molecule has 0 aliphatic carbocycles. The number of carbonyl (C=O) groups excluding carboxylic acids is 1. The van der Waals surface area contributed by atoms with Gasteiger partial charge in [-0.3, -0.25) is 14.6 Å². The second kappa shape index (κ2) is 6.15. The average molecular weight is 346 g/mol. The van der Waals surface area contributed by atoms with Crippen LogP contribution in [0.1, 0.15) is 16.1 Å². The lowest BCUT2D eigenvalue weighted by Gasteiger charge is -2.09. The maximum Gasteiger partial charge on any atom is 0.268 e. The Kier molecular flexibility index (Phi) is 3.80. The minimum absolute atomic E-state index is 0.111. The number of hydrogen-bond donors (Lipinski definition) is 1. The summed E-state index contributed by atoms with van der Waals surface area (Å²) in [5.41, 5.74) is 2.88. The van der Waals surface area contributed by atoms with E-state index in [0.29, 0.717) is 17.6 Å². The molecule has 6 nitrogen and oxygen atoms in total. The van der Waals surface area contributed by atoms with Crippen LogP contribution in [0.25, 0.3) is 21.8 Å². The molecule has 0 aliphatic rings. The minimum Gasteiger partial charge on any atom is -0.347 e. The molecule has 1 N–H and O–H groups in total. The first-order chi connectivity index (χ1) is 12.6. The fourth-order valence-electron chi connectivity index (χ4n) is 3.34. The molecule has 3 aromatic heterocycles. The molecule has 0 fully saturated rings. The van der Waals surface area contributed by atoms with Gasteiger partial charge in [0, 0.05) is 38.4 Å².